The number of likely N-dealkylation sites (tertiary alicyclic amines) is 1. The number of hydrogen-bond donors (Lipinski definition) is 0. The predicted octanol–water partition coefficient (Wildman–Crippen LogP) is 1.73. The first kappa shape index (κ1) is 15.9. The van der Waals surface area contributed by atoms with Crippen LogP contribution in [0.15, 0.2) is 24.3 Å². The second-order valence-electron chi connectivity index (χ2n) is 7.16. The van der Waals surface area contributed by atoms with Gasteiger partial charge < -0.3 is 14.4 Å². The number of morpholine rings is 1. The monoisotopic (exact) mass is 330 g/mol. The lowest BCUT2D eigenvalue weighted by Gasteiger charge is -2.34. The van der Waals surface area contributed by atoms with Crippen LogP contribution < -0.4 is 4.74 Å². The molecule has 4 rings (SSSR count). The van der Waals surface area contributed by atoms with Gasteiger partial charge in [-0.2, -0.15) is 0 Å². The van der Waals surface area contributed by atoms with E-state index >= 15 is 0 Å². The lowest BCUT2D eigenvalue weighted by atomic mass is 9.92. The Hall–Kier alpha value is -1.59. The fraction of sp³-hybridized carbons (Fsp3) is 0.632. The molecule has 1 aromatic rings. The fourth-order valence-electron chi connectivity index (χ4n) is 4.33. The molecule has 0 bridgehead atoms. The summed E-state index contributed by atoms with van der Waals surface area (Å²) in [5.41, 5.74) is 1.05. The van der Waals surface area contributed by atoms with Crippen LogP contribution in [0.5, 0.6) is 5.75 Å². The summed E-state index contributed by atoms with van der Waals surface area (Å²) in [6, 6.07) is 8.44. The molecule has 3 heterocycles. The van der Waals surface area contributed by atoms with Crippen molar-refractivity contribution in [1.82, 2.24) is 9.80 Å². The second kappa shape index (κ2) is 6.73. The third-order valence-electron chi connectivity index (χ3n) is 5.66. The van der Waals surface area contributed by atoms with E-state index in [1.807, 2.05) is 24.3 Å². The Kier molecular flexibility index (Phi) is 4.46. The van der Waals surface area contributed by atoms with Gasteiger partial charge in [0, 0.05) is 37.8 Å². The van der Waals surface area contributed by atoms with E-state index < -0.39 is 0 Å². The van der Waals surface area contributed by atoms with E-state index in [1.165, 1.54) is 0 Å². The summed E-state index contributed by atoms with van der Waals surface area (Å²) in [4.78, 5) is 17.7. The maximum Gasteiger partial charge on any atom is 0.230 e. The Bertz CT molecular complexity index is 600. The Morgan fingerprint density at radius 2 is 1.92 bits per heavy atom. The van der Waals surface area contributed by atoms with Crippen molar-refractivity contribution in [2.24, 2.45) is 5.92 Å². The number of nitrogens with zero attached hydrogens (tertiary/aromatic N) is 2. The molecule has 0 N–H and O–H groups in total. The van der Waals surface area contributed by atoms with Gasteiger partial charge in [-0.15, -0.1) is 0 Å². The zero-order valence-corrected chi connectivity index (χ0v) is 14.3. The predicted molar refractivity (Wildman–Crippen MR) is 91.2 cm³/mol. The maximum atomic E-state index is 13.2. The topological polar surface area (TPSA) is 42.0 Å². The number of amides is 1. The SMILES string of the molecule is C[C@@H]1CN(C(=O)[C@@H]2CCOc3ccccc32)C[C@H]1N1CCOCC1. The second-order valence-corrected chi connectivity index (χ2v) is 7.16. The van der Waals surface area contributed by atoms with Crippen LogP contribution in [0.25, 0.3) is 0 Å². The van der Waals surface area contributed by atoms with Gasteiger partial charge in [-0.3, -0.25) is 9.69 Å². The molecule has 2 fully saturated rings. The number of fused-ring (bicyclic) bond motifs is 1. The number of hydrogen-bond acceptors (Lipinski definition) is 4. The van der Waals surface area contributed by atoms with Crippen molar-refractivity contribution in [1.29, 1.82) is 0 Å². The molecular formula is C19H26N2O3. The Morgan fingerprint density at radius 3 is 2.75 bits per heavy atom. The highest BCUT2D eigenvalue weighted by Gasteiger charge is 2.39. The third kappa shape index (κ3) is 2.91. The molecule has 3 atom stereocenters. The number of carbonyl (C=O) groups is 1. The summed E-state index contributed by atoms with van der Waals surface area (Å²) in [5, 5.41) is 0. The number of para-hydroxylation sites is 1. The molecular weight excluding hydrogens is 304 g/mol. The van der Waals surface area contributed by atoms with Gasteiger partial charge >= 0.3 is 0 Å². The number of carbonyl (C=O) groups excluding carboxylic acids is 1. The van der Waals surface area contributed by atoms with E-state index in [9.17, 15) is 4.79 Å². The molecule has 1 amide bonds. The van der Waals surface area contributed by atoms with Gasteiger partial charge in [-0.1, -0.05) is 25.1 Å². The number of rotatable bonds is 2. The van der Waals surface area contributed by atoms with E-state index in [0.717, 1.165) is 57.1 Å². The Labute approximate surface area is 143 Å². The number of ether oxygens (including phenoxy) is 2. The molecule has 2 saturated heterocycles. The summed E-state index contributed by atoms with van der Waals surface area (Å²) in [6.45, 7) is 8.19. The van der Waals surface area contributed by atoms with Crippen LogP contribution in [0.1, 0.15) is 24.8 Å². The Balaban J connectivity index is 1.48. The fourth-order valence-corrected chi connectivity index (χ4v) is 4.33. The molecule has 5 heteroatoms. The van der Waals surface area contributed by atoms with Crippen LogP contribution in [0.2, 0.25) is 0 Å². The molecule has 0 radical (unpaired) electrons. The van der Waals surface area contributed by atoms with Crippen molar-refractivity contribution in [2.75, 3.05) is 46.0 Å². The highest BCUT2D eigenvalue weighted by atomic mass is 16.5. The highest BCUT2D eigenvalue weighted by Crippen LogP contribution is 2.36. The molecule has 3 aliphatic heterocycles. The molecule has 1 aromatic carbocycles. The standard InChI is InChI=1S/C19H26N2O3/c1-14-12-21(13-17(14)20-7-10-23-11-8-20)19(22)16-6-9-24-18-5-3-2-4-15(16)18/h2-5,14,16-17H,6-13H2,1H3/t14-,16-,17-/m1/s1. The average Bonchev–Trinajstić information content (AvgIpc) is 3.03. The van der Waals surface area contributed by atoms with Gasteiger partial charge in [0.1, 0.15) is 5.75 Å². The summed E-state index contributed by atoms with van der Waals surface area (Å²) in [7, 11) is 0. The van der Waals surface area contributed by atoms with Crippen molar-refractivity contribution in [2.45, 2.75) is 25.3 Å². The highest BCUT2D eigenvalue weighted by molar-refractivity contribution is 5.85. The van der Waals surface area contributed by atoms with Crippen LogP contribution in [0.3, 0.4) is 0 Å². The minimum atomic E-state index is -0.0504. The van der Waals surface area contributed by atoms with Gasteiger partial charge in [0.05, 0.1) is 25.7 Å². The quantitative estimate of drug-likeness (QED) is 0.828. The van der Waals surface area contributed by atoms with Gasteiger partial charge in [0.15, 0.2) is 0 Å². The van der Waals surface area contributed by atoms with E-state index in [0.29, 0.717) is 18.6 Å². The van der Waals surface area contributed by atoms with E-state index in [-0.39, 0.29) is 11.8 Å². The van der Waals surface area contributed by atoms with Crippen molar-refractivity contribution < 1.29 is 14.3 Å². The minimum absolute atomic E-state index is 0.0504. The summed E-state index contributed by atoms with van der Waals surface area (Å²) < 4.78 is 11.2. The molecule has 24 heavy (non-hydrogen) atoms. The van der Waals surface area contributed by atoms with Crippen molar-refractivity contribution >= 4 is 5.91 Å². The normalized spacial score (nSPS) is 30.7. The first-order valence-electron chi connectivity index (χ1n) is 9.06. The smallest absolute Gasteiger partial charge is 0.230 e. The summed E-state index contributed by atoms with van der Waals surface area (Å²) in [5.74, 6) is 1.61. The van der Waals surface area contributed by atoms with E-state index in [4.69, 9.17) is 9.47 Å². The largest absolute Gasteiger partial charge is 0.493 e. The van der Waals surface area contributed by atoms with E-state index in [1.54, 1.807) is 0 Å². The van der Waals surface area contributed by atoms with Gasteiger partial charge in [0.2, 0.25) is 5.91 Å². The van der Waals surface area contributed by atoms with Crippen LogP contribution in [-0.2, 0) is 9.53 Å². The lowest BCUT2D eigenvalue weighted by molar-refractivity contribution is -0.132. The molecule has 130 valence electrons. The van der Waals surface area contributed by atoms with Crippen molar-refractivity contribution in [3.8, 4) is 5.75 Å². The molecule has 5 nitrogen and oxygen atoms in total. The van der Waals surface area contributed by atoms with Crippen molar-refractivity contribution in [3.63, 3.8) is 0 Å². The zero-order valence-electron chi connectivity index (χ0n) is 14.3. The van der Waals surface area contributed by atoms with Crippen LogP contribution in [0.4, 0.5) is 0 Å². The van der Waals surface area contributed by atoms with Gasteiger partial charge in [-0.25, -0.2) is 0 Å². The molecule has 0 aromatic heterocycles. The molecule has 0 spiro atoms. The summed E-state index contributed by atoms with van der Waals surface area (Å²) in [6.07, 6.45) is 0.781. The first-order valence-corrected chi connectivity index (χ1v) is 9.06. The molecule has 0 aliphatic carbocycles. The average molecular weight is 330 g/mol. The molecule has 0 unspecified atom stereocenters. The van der Waals surface area contributed by atoms with Gasteiger partial charge in [0.25, 0.3) is 0 Å². The molecule has 3 aliphatic rings. The van der Waals surface area contributed by atoms with Gasteiger partial charge in [-0.05, 0) is 18.4 Å². The minimum Gasteiger partial charge on any atom is -0.493 e. The van der Waals surface area contributed by atoms with Crippen LogP contribution in [0, 0.1) is 5.92 Å². The van der Waals surface area contributed by atoms with E-state index in [2.05, 4.69) is 16.7 Å². The first-order chi connectivity index (χ1) is 11.7. The van der Waals surface area contributed by atoms with Crippen LogP contribution in [-0.4, -0.2) is 67.7 Å². The lowest BCUT2D eigenvalue weighted by Crippen LogP contribution is -2.47. The Morgan fingerprint density at radius 1 is 1.12 bits per heavy atom. The van der Waals surface area contributed by atoms with Crippen molar-refractivity contribution in [3.05, 3.63) is 29.8 Å². The number of benzene rings is 1. The summed E-state index contributed by atoms with van der Waals surface area (Å²) >= 11 is 0. The third-order valence-corrected chi connectivity index (χ3v) is 5.66. The zero-order chi connectivity index (χ0) is 16.5. The van der Waals surface area contributed by atoms with Crippen LogP contribution >= 0.6 is 0 Å². The molecule has 0 saturated carbocycles. The maximum absolute atomic E-state index is 13.2.